The van der Waals surface area contributed by atoms with Crippen molar-refractivity contribution in [1.82, 2.24) is 0 Å². The molecule has 1 aliphatic heterocycles. The van der Waals surface area contributed by atoms with Gasteiger partial charge in [0.05, 0.1) is 6.61 Å². The summed E-state index contributed by atoms with van der Waals surface area (Å²) in [6.07, 6.45) is -4.87. The quantitative estimate of drug-likeness (QED) is 0.781. The highest BCUT2D eigenvalue weighted by Crippen LogP contribution is 2.43. The number of benzene rings is 2. The molecular formula is C15H11F3O2. The van der Waals surface area contributed by atoms with E-state index in [-0.39, 0.29) is 11.9 Å². The number of rotatable bonds is 3. The summed E-state index contributed by atoms with van der Waals surface area (Å²) in [5.41, 5.74) is 1.84. The van der Waals surface area contributed by atoms with Crippen LogP contribution in [-0.4, -0.2) is 13.0 Å². The van der Waals surface area contributed by atoms with Gasteiger partial charge in [0, 0.05) is 5.56 Å². The van der Waals surface area contributed by atoms with Crippen molar-refractivity contribution in [2.75, 3.05) is 6.61 Å². The Hall–Kier alpha value is -2.01. The number of alkyl halides is 3. The molecule has 0 saturated carbocycles. The highest BCUT2D eigenvalue weighted by Gasteiger charge is 2.35. The van der Waals surface area contributed by atoms with Gasteiger partial charge in [-0.15, -0.1) is 13.2 Å². The van der Waals surface area contributed by atoms with E-state index in [1.807, 2.05) is 6.07 Å². The summed E-state index contributed by atoms with van der Waals surface area (Å²) >= 11 is 0. The Balaban J connectivity index is 2.12. The van der Waals surface area contributed by atoms with Crippen LogP contribution in [0.25, 0.3) is 11.1 Å². The molecule has 1 heterocycles. The van der Waals surface area contributed by atoms with Crippen LogP contribution in [0.15, 0.2) is 48.5 Å². The van der Waals surface area contributed by atoms with Gasteiger partial charge in [0.15, 0.2) is 0 Å². The molecule has 0 aromatic heterocycles. The van der Waals surface area contributed by atoms with Crippen LogP contribution in [0.5, 0.6) is 5.75 Å². The molecule has 5 heteroatoms. The van der Waals surface area contributed by atoms with Gasteiger partial charge in [0.2, 0.25) is 0 Å². The van der Waals surface area contributed by atoms with Gasteiger partial charge < -0.3 is 9.47 Å². The predicted molar refractivity (Wildman–Crippen MR) is 67.3 cm³/mol. The number of halogens is 3. The van der Waals surface area contributed by atoms with Gasteiger partial charge in [-0.3, -0.25) is 0 Å². The third-order valence-corrected chi connectivity index (χ3v) is 3.03. The zero-order valence-electron chi connectivity index (χ0n) is 10.4. The Morgan fingerprint density at radius 3 is 2.30 bits per heavy atom. The fraction of sp³-hybridized carbons (Fsp3) is 0.200. The molecule has 0 aliphatic carbocycles. The van der Waals surface area contributed by atoms with Crippen LogP contribution in [0, 0.1) is 0 Å². The smallest absolute Gasteiger partial charge is 0.405 e. The minimum absolute atomic E-state index is 0.151. The lowest BCUT2D eigenvalue weighted by molar-refractivity contribution is -0.274. The Morgan fingerprint density at radius 1 is 1.00 bits per heavy atom. The van der Waals surface area contributed by atoms with Crippen molar-refractivity contribution < 1.29 is 22.6 Å². The van der Waals surface area contributed by atoms with Gasteiger partial charge >= 0.3 is 6.36 Å². The molecule has 1 saturated heterocycles. The van der Waals surface area contributed by atoms with E-state index in [2.05, 4.69) is 4.74 Å². The summed E-state index contributed by atoms with van der Waals surface area (Å²) < 4.78 is 47.0. The van der Waals surface area contributed by atoms with Crippen molar-refractivity contribution in [2.45, 2.75) is 12.5 Å². The monoisotopic (exact) mass is 280 g/mol. The third-order valence-electron chi connectivity index (χ3n) is 3.03. The molecule has 0 bridgehead atoms. The summed E-state index contributed by atoms with van der Waals surface area (Å²) in [6, 6.07) is 13.5. The van der Waals surface area contributed by atoms with Crippen LogP contribution < -0.4 is 4.74 Å². The summed E-state index contributed by atoms with van der Waals surface area (Å²) in [7, 11) is 0. The first-order valence-electron chi connectivity index (χ1n) is 6.10. The maximum absolute atomic E-state index is 12.5. The van der Waals surface area contributed by atoms with Crippen LogP contribution in [0.4, 0.5) is 13.2 Å². The minimum atomic E-state index is -4.72. The van der Waals surface area contributed by atoms with E-state index in [9.17, 15) is 13.2 Å². The fourth-order valence-corrected chi connectivity index (χ4v) is 2.17. The first-order valence-corrected chi connectivity index (χ1v) is 6.10. The maximum Gasteiger partial charge on any atom is 0.573 e. The fourth-order valence-electron chi connectivity index (χ4n) is 2.17. The van der Waals surface area contributed by atoms with E-state index in [4.69, 9.17) is 4.74 Å². The summed E-state index contributed by atoms with van der Waals surface area (Å²) in [6.45, 7) is 0.523. The maximum atomic E-state index is 12.5. The van der Waals surface area contributed by atoms with E-state index in [0.717, 1.165) is 5.56 Å². The minimum Gasteiger partial charge on any atom is -0.405 e. The molecule has 0 radical (unpaired) electrons. The molecule has 2 aromatic rings. The van der Waals surface area contributed by atoms with Gasteiger partial charge in [0.25, 0.3) is 0 Å². The average Bonchev–Trinajstić information content (AvgIpc) is 3.22. The van der Waals surface area contributed by atoms with E-state index < -0.39 is 6.36 Å². The standard InChI is InChI=1S/C15H11F3O2/c16-15(17,18)20-12-8-4-7-11(13-9-19-13)14(12)10-5-2-1-3-6-10/h1-8,13H,9H2. The number of hydrogen-bond donors (Lipinski definition) is 0. The van der Waals surface area contributed by atoms with Crippen LogP contribution >= 0.6 is 0 Å². The van der Waals surface area contributed by atoms with Gasteiger partial charge in [-0.05, 0) is 17.2 Å². The lowest BCUT2D eigenvalue weighted by Gasteiger charge is -2.16. The predicted octanol–water partition coefficient (Wildman–Crippen LogP) is 4.32. The van der Waals surface area contributed by atoms with Crippen LogP contribution in [0.2, 0.25) is 0 Å². The van der Waals surface area contributed by atoms with Crippen molar-refractivity contribution >= 4 is 0 Å². The highest BCUT2D eigenvalue weighted by atomic mass is 19.4. The molecule has 3 rings (SSSR count). The topological polar surface area (TPSA) is 21.8 Å². The molecule has 2 aromatic carbocycles. The first kappa shape index (κ1) is 13.0. The number of ether oxygens (including phenoxy) is 2. The second-order valence-electron chi connectivity index (χ2n) is 4.46. The zero-order valence-corrected chi connectivity index (χ0v) is 10.4. The van der Waals surface area contributed by atoms with Crippen molar-refractivity contribution in [3.63, 3.8) is 0 Å². The highest BCUT2D eigenvalue weighted by molar-refractivity contribution is 5.74. The lowest BCUT2D eigenvalue weighted by atomic mass is 9.97. The summed E-state index contributed by atoms with van der Waals surface area (Å²) in [4.78, 5) is 0. The molecule has 20 heavy (non-hydrogen) atoms. The Kier molecular flexibility index (Phi) is 3.14. The Labute approximate surface area is 113 Å². The second kappa shape index (κ2) is 4.83. The summed E-state index contributed by atoms with van der Waals surface area (Å²) in [5.74, 6) is -0.197. The van der Waals surface area contributed by atoms with E-state index in [0.29, 0.717) is 17.7 Å². The summed E-state index contributed by atoms with van der Waals surface area (Å²) in [5, 5.41) is 0. The third kappa shape index (κ3) is 2.77. The average molecular weight is 280 g/mol. The Morgan fingerprint density at radius 2 is 1.70 bits per heavy atom. The molecule has 1 unspecified atom stereocenters. The SMILES string of the molecule is FC(F)(F)Oc1cccc(C2CO2)c1-c1ccccc1. The number of hydrogen-bond acceptors (Lipinski definition) is 2. The van der Waals surface area contributed by atoms with Gasteiger partial charge in [0.1, 0.15) is 11.9 Å². The lowest BCUT2D eigenvalue weighted by Crippen LogP contribution is -2.18. The molecule has 2 nitrogen and oxygen atoms in total. The van der Waals surface area contributed by atoms with Gasteiger partial charge in [-0.25, -0.2) is 0 Å². The molecule has 0 N–H and O–H groups in total. The van der Waals surface area contributed by atoms with E-state index >= 15 is 0 Å². The van der Waals surface area contributed by atoms with Crippen LogP contribution in [0.3, 0.4) is 0 Å². The van der Waals surface area contributed by atoms with Gasteiger partial charge in [-0.1, -0.05) is 42.5 Å². The van der Waals surface area contributed by atoms with Crippen molar-refractivity contribution in [3.8, 4) is 16.9 Å². The van der Waals surface area contributed by atoms with Crippen molar-refractivity contribution in [1.29, 1.82) is 0 Å². The Bertz CT molecular complexity index is 604. The molecule has 104 valence electrons. The molecule has 1 fully saturated rings. The van der Waals surface area contributed by atoms with Crippen LogP contribution in [-0.2, 0) is 4.74 Å². The largest absolute Gasteiger partial charge is 0.573 e. The first-order chi connectivity index (χ1) is 9.54. The molecule has 0 amide bonds. The molecular weight excluding hydrogens is 269 g/mol. The van der Waals surface area contributed by atoms with Crippen molar-refractivity contribution in [3.05, 3.63) is 54.1 Å². The molecule has 0 spiro atoms. The number of epoxide rings is 1. The second-order valence-corrected chi connectivity index (χ2v) is 4.46. The normalized spacial score (nSPS) is 17.9. The molecule has 1 aliphatic rings. The van der Waals surface area contributed by atoms with Gasteiger partial charge in [-0.2, -0.15) is 0 Å². The zero-order chi connectivity index (χ0) is 14.2. The van der Waals surface area contributed by atoms with Crippen LogP contribution in [0.1, 0.15) is 11.7 Å². The van der Waals surface area contributed by atoms with E-state index in [1.165, 1.54) is 6.07 Å². The van der Waals surface area contributed by atoms with Crippen molar-refractivity contribution in [2.24, 2.45) is 0 Å². The molecule has 1 atom stereocenters. The van der Waals surface area contributed by atoms with E-state index in [1.54, 1.807) is 36.4 Å².